The van der Waals surface area contributed by atoms with Gasteiger partial charge in [-0.05, 0) is 25.1 Å². The first-order chi connectivity index (χ1) is 11.3. The van der Waals surface area contributed by atoms with E-state index in [1.807, 2.05) is 0 Å². The minimum absolute atomic E-state index is 0.0130. The van der Waals surface area contributed by atoms with Crippen LogP contribution in [0.15, 0.2) is 24.3 Å². The fraction of sp³-hybridized carbons (Fsp3) is 0.312. The molecule has 0 radical (unpaired) electrons. The molecule has 0 heterocycles. The molecule has 0 spiro atoms. The number of anilines is 1. The van der Waals surface area contributed by atoms with E-state index in [0.717, 1.165) is 0 Å². The van der Waals surface area contributed by atoms with Crippen molar-refractivity contribution in [3.63, 3.8) is 0 Å². The number of Topliss-reactive ketones (excluding diaryl/α,β-unsaturated/α-hetero) is 1. The van der Waals surface area contributed by atoms with Gasteiger partial charge in [0, 0.05) is 17.1 Å². The van der Waals surface area contributed by atoms with Gasteiger partial charge in [0.1, 0.15) is 5.78 Å². The van der Waals surface area contributed by atoms with Crippen LogP contribution in [0, 0.1) is 11.8 Å². The molecule has 0 bridgehead atoms. The van der Waals surface area contributed by atoms with Crippen LogP contribution in [-0.2, 0) is 14.3 Å². The summed E-state index contributed by atoms with van der Waals surface area (Å²) < 4.78 is 4.76. The number of carboxylic acid groups (broad SMARTS) is 1. The Morgan fingerprint density at radius 3 is 2.46 bits per heavy atom. The minimum atomic E-state index is -0.916. The number of aliphatic carboxylic acids is 1. The highest BCUT2D eigenvalue weighted by molar-refractivity contribution is 6.30. The molecule has 0 saturated carbocycles. The zero-order valence-corrected chi connectivity index (χ0v) is 14.5. The first-order valence-electron chi connectivity index (χ1n) is 6.77. The lowest BCUT2D eigenvalue weighted by Gasteiger charge is -2.04. The van der Waals surface area contributed by atoms with E-state index < -0.39 is 12.1 Å². The molecule has 1 rings (SSSR count). The molecule has 0 fully saturated rings. The Labute approximate surface area is 150 Å². The van der Waals surface area contributed by atoms with Crippen molar-refractivity contribution in [1.29, 1.82) is 0 Å². The van der Waals surface area contributed by atoms with E-state index in [2.05, 4.69) is 17.2 Å². The number of ketones is 1. The largest absolute Gasteiger partial charge is 0.481 e. The van der Waals surface area contributed by atoms with Crippen LogP contribution < -0.4 is 5.32 Å². The van der Waals surface area contributed by atoms with Gasteiger partial charge < -0.3 is 14.6 Å². The molecule has 0 aliphatic heterocycles. The molecule has 8 heteroatoms. The number of rotatable bonds is 5. The molecule has 2 N–H and O–H groups in total. The third-order valence-corrected chi connectivity index (χ3v) is 2.60. The second-order valence-corrected chi connectivity index (χ2v) is 5.00. The summed E-state index contributed by atoms with van der Waals surface area (Å²) in [4.78, 5) is 31.0. The predicted octanol–water partition coefficient (Wildman–Crippen LogP) is 3.57. The van der Waals surface area contributed by atoms with Gasteiger partial charge in [0.05, 0.1) is 12.3 Å². The van der Waals surface area contributed by atoms with Crippen LogP contribution in [-0.4, -0.2) is 35.4 Å². The normalized spacial score (nSPS) is 8.79. The summed E-state index contributed by atoms with van der Waals surface area (Å²) >= 11 is 11.1. The van der Waals surface area contributed by atoms with E-state index in [-0.39, 0.29) is 31.1 Å². The number of amides is 1. The van der Waals surface area contributed by atoms with Crippen LogP contribution in [0.2, 0.25) is 5.02 Å². The second-order valence-electron chi connectivity index (χ2n) is 4.29. The van der Waals surface area contributed by atoms with Gasteiger partial charge in [-0.15, -0.1) is 11.6 Å². The second kappa shape index (κ2) is 13.2. The highest BCUT2D eigenvalue weighted by atomic mass is 35.5. The van der Waals surface area contributed by atoms with Crippen LogP contribution in [0.1, 0.15) is 19.8 Å². The van der Waals surface area contributed by atoms with Gasteiger partial charge in [-0.3, -0.25) is 10.1 Å². The van der Waals surface area contributed by atoms with Crippen molar-refractivity contribution >= 4 is 46.7 Å². The van der Waals surface area contributed by atoms with Gasteiger partial charge in [-0.2, -0.15) is 0 Å². The Morgan fingerprint density at radius 2 is 1.96 bits per heavy atom. The predicted molar refractivity (Wildman–Crippen MR) is 92.5 cm³/mol. The van der Waals surface area contributed by atoms with Gasteiger partial charge >= 0.3 is 12.1 Å². The molecule has 0 atom stereocenters. The van der Waals surface area contributed by atoms with E-state index in [0.29, 0.717) is 10.7 Å². The fourth-order valence-electron chi connectivity index (χ4n) is 1.20. The first-order valence-corrected chi connectivity index (χ1v) is 7.68. The molecule has 24 heavy (non-hydrogen) atoms. The smallest absolute Gasteiger partial charge is 0.412 e. The molecule has 0 aliphatic carbocycles. The Hall–Kier alpha value is -2.23. The Morgan fingerprint density at radius 1 is 1.25 bits per heavy atom. The third kappa shape index (κ3) is 13.4. The summed E-state index contributed by atoms with van der Waals surface area (Å²) in [7, 11) is 0. The zero-order chi connectivity index (χ0) is 18.4. The lowest BCUT2D eigenvalue weighted by atomic mass is 10.2. The molecule has 0 aliphatic rings. The van der Waals surface area contributed by atoms with Crippen LogP contribution in [0.3, 0.4) is 0 Å². The van der Waals surface area contributed by atoms with Crippen LogP contribution in [0.4, 0.5) is 10.5 Å². The van der Waals surface area contributed by atoms with Crippen molar-refractivity contribution in [2.75, 3.05) is 17.8 Å². The van der Waals surface area contributed by atoms with Crippen LogP contribution in [0.25, 0.3) is 0 Å². The molecular formula is C16H17Cl2NO5. The van der Waals surface area contributed by atoms with Crippen molar-refractivity contribution < 1.29 is 24.2 Å². The van der Waals surface area contributed by atoms with Gasteiger partial charge in [0.25, 0.3) is 0 Å². The third-order valence-electron chi connectivity index (χ3n) is 2.23. The number of carbonyl (C=O) groups excluding carboxylic acids is 2. The summed E-state index contributed by atoms with van der Waals surface area (Å²) in [5, 5.41) is 11.1. The number of alkyl halides is 1. The number of hydrogen-bond donors (Lipinski definition) is 2. The first kappa shape index (κ1) is 21.8. The summed E-state index contributed by atoms with van der Waals surface area (Å²) in [6, 6.07) is 6.76. The van der Waals surface area contributed by atoms with Crippen LogP contribution in [0.5, 0.6) is 0 Å². The molecule has 1 amide bonds. The van der Waals surface area contributed by atoms with Crippen molar-refractivity contribution in [2.24, 2.45) is 0 Å². The Kier molecular flexibility index (Phi) is 12.0. The van der Waals surface area contributed by atoms with Crippen molar-refractivity contribution in [2.45, 2.75) is 19.8 Å². The van der Waals surface area contributed by atoms with Crippen LogP contribution >= 0.6 is 23.2 Å². The monoisotopic (exact) mass is 373 g/mol. The van der Waals surface area contributed by atoms with Crippen molar-refractivity contribution in [3.05, 3.63) is 29.3 Å². The highest BCUT2D eigenvalue weighted by Crippen LogP contribution is 2.14. The molecule has 1 aromatic carbocycles. The summed E-state index contributed by atoms with van der Waals surface area (Å²) in [5.74, 6) is 4.37. The number of benzene rings is 1. The minimum Gasteiger partial charge on any atom is -0.481 e. The maximum Gasteiger partial charge on any atom is 0.412 e. The van der Waals surface area contributed by atoms with Gasteiger partial charge in [-0.25, -0.2) is 4.79 Å². The van der Waals surface area contributed by atoms with Gasteiger partial charge in [0.2, 0.25) is 0 Å². The number of carboxylic acids is 1. The molecule has 0 unspecified atom stereocenters. The van der Waals surface area contributed by atoms with E-state index in [1.54, 1.807) is 24.3 Å². The molecule has 130 valence electrons. The van der Waals surface area contributed by atoms with E-state index in [1.165, 1.54) is 6.92 Å². The topological polar surface area (TPSA) is 92.7 Å². The molecule has 0 aromatic heterocycles. The van der Waals surface area contributed by atoms with Crippen molar-refractivity contribution in [1.82, 2.24) is 0 Å². The van der Waals surface area contributed by atoms with Gasteiger partial charge in [-0.1, -0.05) is 29.5 Å². The van der Waals surface area contributed by atoms with E-state index in [4.69, 9.17) is 33.0 Å². The number of carbonyl (C=O) groups is 3. The lowest BCUT2D eigenvalue weighted by Crippen LogP contribution is -2.13. The zero-order valence-electron chi connectivity index (χ0n) is 13.0. The number of halogens is 2. The maximum atomic E-state index is 11.2. The number of ether oxygens (including phenoxy) is 1. The van der Waals surface area contributed by atoms with Gasteiger partial charge in [0.15, 0.2) is 6.61 Å². The van der Waals surface area contributed by atoms with E-state index in [9.17, 15) is 14.4 Å². The van der Waals surface area contributed by atoms with E-state index >= 15 is 0 Å². The molecule has 1 aromatic rings. The average molecular weight is 374 g/mol. The Balaban J connectivity index is 0.000000561. The maximum absolute atomic E-state index is 11.2. The summed E-state index contributed by atoms with van der Waals surface area (Å²) in [6.45, 7) is 1.39. The standard InChI is InChI=1S/C11H9Cl2NO2.C5H8O3/c12-6-1-2-7-16-11(15)14-10-5-3-4-9(13)8-10;1-4(6)2-3-5(7)8/h3-5,8H,6-7H2,(H,14,15);2-3H2,1H3,(H,7,8). The number of nitrogens with one attached hydrogen (secondary N) is 1. The Bertz CT molecular complexity index is 608. The summed E-state index contributed by atoms with van der Waals surface area (Å²) in [6.07, 6.45) is -0.476. The average Bonchev–Trinajstić information content (AvgIpc) is 2.50. The quantitative estimate of drug-likeness (QED) is 0.607. The highest BCUT2D eigenvalue weighted by Gasteiger charge is 2.01. The lowest BCUT2D eigenvalue weighted by molar-refractivity contribution is -0.138. The SMILES string of the molecule is CC(=O)CCC(=O)O.O=C(Nc1cccc(Cl)c1)OCC#CCCl. The number of hydrogen-bond acceptors (Lipinski definition) is 4. The molecule has 0 saturated heterocycles. The summed E-state index contributed by atoms with van der Waals surface area (Å²) in [5.41, 5.74) is 0.572. The molecule has 6 nitrogen and oxygen atoms in total. The van der Waals surface area contributed by atoms with Crippen molar-refractivity contribution in [3.8, 4) is 11.8 Å². The fourth-order valence-corrected chi connectivity index (χ4v) is 1.49. The molecular weight excluding hydrogens is 357 g/mol.